The number of hydrogen-bond acceptors (Lipinski definition) is 4. The van der Waals surface area contributed by atoms with Crippen molar-refractivity contribution in [3.63, 3.8) is 0 Å². The number of nitrogen functional groups attached to an aromatic ring is 1. The summed E-state index contributed by atoms with van der Waals surface area (Å²) in [6, 6.07) is 11.4. The standard InChI is InChI=1S/C14H14N2O4S/c15-12-7-10(14(17)18)8-13(21(16,19)20)11(12)6-9-4-2-1-3-5-9/h1-5,7-8H,6,15H2,(H,17,18)(H2,16,19,20). The van der Waals surface area contributed by atoms with Gasteiger partial charge in [-0.15, -0.1) is 0 Å². The van der Waals surface area contributed by atoms with Crippen molar-refractivity contribution in [3.05, 3.63) is 59.2 Å². The Bertz CT molecular complexity index is 786. The molecule has 7 heteroatoms. The molecule has 21 heavy (non-hydrogen) atoms. The van der Waals surface area contributed by atoms with Crippen molar-refractivity contribution in [1.82, 2.24) is 0 Å². The van der Waals surface area contributed by atoms with E-state index in [1.54, 1.807) is 0 Å². The predicted molar refractivity (Wildman–Crippen MR) is 78.4 cm³/mol. The van der Waals surface area contributed by atoms with Crippen LogP contribution in [0.4, 0.5) is 5.69 Å². The van der Waals surface area contributed by atoms with Gasteiger partial charge in [-0.1, -0.05) is 30.3 Å². The highest BCUT2D eigenvalue weighted by Crippen LogP contribution is 2.26. The van der Waals surface area contributed by atoms with Crippen LogP contribution in [0.15, 0.2) is 47.4 Å². The number of rotatable bonds is 4. The summed E-state index contributed by atoms with van der Waals surface area (Å²) in [6.07, 6.45) is 0.248. The average molecular weight is 306 g/mol. The summed E-state index contributed by atoms with van der Waals surface area (Å²) in [5.74, 6) is -1.27. The van der Waals surface area contributed by atoms with Crippen LogP contribution >= 0.6 is 0 Å². The molecule has 5 N–H and O–H groups in total. The zero-order chi connectivity index (χ0) is 15.6. The number of aromatic carboxylic acids is 1. The first-order valence-corrected chi connectivity index (χ1v) is 7.56. The normalized spacial score (nSPS) is 11.3. The predicted octanol–water partition coefficient (Wildman–Crippen LogP) is 1.21. The van der Waals surface area contributed by atoms with Gasteiger partial charge in [0.1, 0.15) is 0 Å². The molecule has 0 bridgehead atoms. The number of nitrogens with two attached hydrogens (primary N) is 2. The summed E-state index contributed by atoms with van der Waals surface area (Å²) < 4.78 is 23.4. The Hall–Kier alpha value is -2.38. The van der Waals surface area contributed by atoms with Crippen LogP contribution in [0.5, 0.6) is 0 Å². The van der Waals surface area contributed by atoms with E-state index in [0.29, 0.717) is 5.56 Å². The van der Waals surface area contributed by atoms with Crippen molar-refractivity contribution in [2.75, 3.05) is 5.73 Å². The van der Waals surface area contributed by atoms with Gasteiger partial charge >= 0.3 is 5.97 Å². The van der Waals surface area contributed by atoms with Gasteiger partial charge in [0, 0.05) is 12.1 Å². The number of sulfonamides is 1. The van der Waals surface area contributed by atoms with Crippen LogP contribution in [0.2, 0.25) is 0 Å². The number of carboxylic acid groups (broad SMARTS) is 1. The lowest BCUT2D eigenvalue weighted by atomic mass is 10.0. The molecule has 2 aromatic carbocycles. The molecule has 0 fully saturated rings. The monoisotopic (exact) mass is 306 g/mol. The Labute approximate surface area is 122 Å². The third-order valence-electron chi connectivity index (χ3n) is 3.02. The van der Waals surface area contributed by atoms with Gasteiger partial charge in [-0.25, -0.2) is 18.4 Å². The molecule has 0 aliphatic heterocycles. The van der Waals surface area contributed by atoms with Crippen molar-refractivity contribution >= 4 is 21.7 Å². The molecule has 0 heterocycles. The Morgan fingerprint density at radius 2 is 1.76 bits per heavy atom. The van der Waals surface area contributed by atoms with Crippen molar-refractivity contribution in [2.45, 2.75) is 11.3 Å². The van der Waals surface area contributed by atoms with Crippen molar-refractivity contribution in [3.8, 4) is 0 Å². The third-order valence-corrected chi connectivity index (χ3v) is 4.00. The molecule has 6 nitrogen and oxygen atoms in total. The molecule has 0 saturated heterocycles. The topological polar surface area (TPSA) is 123 Å². The molecule has 110 valence electrons. The molecule has 0 aromatic heterocycles. The number of carboxylic acids is 1. The van der Waals surface area contributed by atoms with Crippen molar-refractivity contribution < 1.29 is 18.3 Å². The number of hydrogen-bond donors (Lipinski definition) is 3. The molecule has 0 aliphatic rings. The largest absolute Gasteiger partial charge is 0.478 e. The third kappa shape index (κ3) is 3.39. The van der Waals surface area contributed by atoms with Gasteiger partial charge in [0.25, 0.3) is 0 Å². The molecule has 0 aliphatic carbocycles. The lowest BCUT2D eigenvalue weighted by Gasteiger charge is -2.12. The SMILES string of the molecule is Nc1cc(C(=O)O)cc(S(N)(=O)=O)c1Cc1ccccc1. The lowest BCUT2D eigenvalue weighted by molar-refractivity contribution is 0.0696. The highest BCUT2D eigenvalue weighted by atomic mass is 32.2. The number of benzene rings is 2. The van der Waals surface area contributed by atoms with Crippen molar-refractivity contribution in [1.29, 1.82) is 0 Å². The van der Waals surface area contributed by atoms with Gasteiger partial charge in [-0.05, 0) is 23.3 Å². The van der Waals surface area contributed by atoms with Crippen LogP contribution in [0.1, 0.15) is 21.5 Å². The number of anilines is 1. The summed E-state index contributed by atoms with van der Waals surface area (Å²) in [4.78, 5) is 10.8. The minimum absolute atomic E-state index is 0.0859. The van der Waals surface area contributed by atoms with Crippen LogP contribution in [0, 0.1) is 0 Å². The summed E-state index contributed by atoms with van der Waals surface area (Å²) in [5.41, 5.74) is 6.84. The zero-order valence-corrected chi connectivity index (χ0v) is 11.8. The second kappa shape index (κ2) is 5.55. The zero-order valence-electron chi connectivity index (χ0n) is 11.0. The molecule has 2 aromatic rings. The molecule has 0 amide bonds. The minimum Gasteiger partial charge on any atom is -0.478 e. The highest BCUT2D eigenvalue weighted by Gasteiger charge is 2.20. The van der Waals surface area contributed by atoms with Gasteiger partial charge in [0.05, 0.1) is 10.5 Å². The maximum atomic E-state index is 11.7. The maximum Gasteiger partial charge on any atom is 0.335 e. The fraction of sp³-hybridized carbons (Fsp3) is 0.0714. The molecular weight excluding hydrogens is 292 g/mol. The van der Waals surface area contributed by atoms with E-state index in [2.05, 4.69) is 0 Å². The van der Waals surface area contributed by atoms with E-state index >= 15 is 0 Å². The Morgan fingerprint density at radius 1 is 1.14 bits per heavy atom. The quantitative estimate of drug-likeness (QED) is 0.732. The van der Waals surface area contributed by atoms with Crippen molar-refractivity contribution in [2.24, 2.45) is 5.14 Å². The first kappa shape index (κ1) is 15.0. The molecule has 0 atom stereocenters. The van der Waals surface area contributed by atoms with E-state index in [4.69, 9.17) is 16.0 Å². The second-order valence-electron chi connectivity index (χ2n) is 4.55. The first-order chi connectivity index (χ1) is 9.79. The van der Waals surface area contributed by atoms with Gasteiger partial charge in [0.2, 0.25) is 10.0 Å². The molecular formula is C14H14N2O4S. The van der Waals surface area contributed by atoms with Gasteiger partial charge in [-0.3, -0.25) is 0 Å². The first-order valence-electron chi connectivity index (χ1n) is 6.01. The van der Waals surface area contributed by atoms with Crippen LogP contribution in [0.25, 0.3) is 0 Å². The maximum absolute atomic E-state index is 11.7. The summed E-state index contributed by atoms with van der Waals surface area (Å²) >= 11 is 0. The fourth-order valence-electron chi connectivity index (χ4n) is 2.03. The van der Waals surface area contributed by atoms with Crippen LogP contribution < -0.4 is 10.9 Å². The lowest BCUT2D eigenvalue weighted by Crippen LogP contribution is -2.17. The smallest absolute Gasteiger partial charge is 0.335 e. The van der Waals surface area contributed by atoms with E-state index in [9.17, 15) is 13.2 Å². The van der Waals surface area contributed by atoms with Crippen LogP contribution in [-0.4, -0.2) is 19.5 Å². The molecule has 0 spiro atoms. The van der Waals surface area contributed by atoms with E-state index in [0.717, 1.165) is 11.6 Å². The Balaban J connectivity index is 2.62. The van der Waals surface area contributed by atoms with Gasteiger partial charge in [-0.2, -0.15) is 0 Å². The van der Waals surface area contributed by atoms with Crippen LogP contribution in [-0.2, 0) is 16.4 Å². The van der Waals surface area contributed by atoms with Crippen LogP contribution in [0.3, 0.4) is 0 Å². The summed E-state index contributed by atoms with van der Waals surface area (Å²) in [7, 11) is -4.08. The molecule has 0 saturated carbocycles. The summed E-state index contributed by atoms with van der Waals surface area (Å²) in [5, 5.41) is 14.2. The second-order valence-corrected chi connectivity index (χ2v) is 6.08. The molecule has 0 unspecified atom stereocenters. The highest BCUT2D eigenvalue weighted by molar-refractivity contribution is 7.89. The number of primary sulfonamides is 1. The van der Waals surface area contributed by atoms with E-state index in [1.807, 2.05) is 30.3 Å². The van der Waals surface area contributed by atoms with E-state index < -0.39 is 16.0 Å². The van der Waals surface area contributed by atoms with E-state index in [-0.39, 0.29) is 22.6 Å². The van der Waals surface area contributed by atoms with Gasteiger partial charge in [0.15, 0.2) is 0 Å². The summed E-state index contributed by atoms with van der Waals surface area (Å²) in [6.45, 7) is 0. The Morgan fingerprint density at radius 3 is 2.29 bits per heavy atom. The number of carbonyl (C=O) groups is 1. The Kier molecular flexibility index (Phi) is 3.97. The molecule has 0 radical (unpaired) electrons. The van der Waals surface area contributed by atoms with E-state index in [1.165, 1.54) is 6.07 Å². The average Bonchev–Trinajstić information content (AvgIpc) is 2.40. The molecule has 2 rings (SSSR count). The fourth-order valence-corrected chi connectivity index (χ4v) is 2.86. The van der Waals surface area contributed by atoms with Gasteiger partial charge < -0.3 is 10.8 Å². The minimum atomic E-state index is -4.08.